The topological polar surface area (TPSA) is 125 Å². The van der Waals surface area contributed by atoms with Gasteiger partial charge in [-0.05, 0) is 72.7 Å². The van der Waals surface area contributed by atoms with Crippen LogP contribution in [0.3, 0.4) is 0 Å². The zero-order chi connectivity index (χ0) is 28.9. The van der Waals surface area contributed by atoms with Crippen LogP contribution in [0.4, 0.5) is 17.1 Å². The maximum Gasteiger partial charge on any atom is 0.303 e. The number of carbonyl (C=O) groups excluding carboxylic acids is 3. The van der Waals surface area contributed by atoms with Gasteiger partial charge in [-0.1, -0.05) is 36.4 Å². The van der Waals surface area contributed by atoms with Gasteiger partial charge >= 0.3 is 5.97 Å². The first kappa shape index (κ1) is 27.5. The Morgan fingerprint density at radius 3 is 2.46 bits per heavy atom. The van der Waals surface area contributed by atoms with Gasteiger partial charge in [0.15, 0.2) is 5.78 Å². The number of amides is 2. The molecule has 0 saturated heterocycles. The summed E-state index contributed by atoms with van der Waals surface area (Å²) in [6.45, 7) is 1.88. The number of aryl methyl sites for hydroxylation is 2. The van der Waals surface area contributed by atoms with E-state index < -0.39 is 5.97 Å². The van der Waals surface area contributed by atoms with Gasteiger partial charge in [0.05, 0.1) is 10.5 Å². The summed E-state index contributed by atoms with van der Waals surface area (Å²) in [6, 6.07) is 21.3. The van der Waals surface area contributed by atoms with E-state index in [2.05, 4.69) is 16.0 Å². The standard InChI is InChI=1S/C32H27N3O5S/c1-19-14-15-41-30(19)32(40)34-24-6-3-5-21(16-24)29(38)22-10-13-25-26(31(39)35-27(25)17-22)18-33-23-11-8-20(9-12-23)4-2-7-28(36)37/h3,5-6,8-18,33H,2,4,7H2,1H3,(H,34,40)(H,35,39)(H,36,37)/b26-18-. The van der Waals surface area contributed by atoms with Crippen molar-refractivity contribution in [2.75, 3.05) is 16.0 Å². The average molecular weight is 566 g/mol. The first-order chi connectivity index (χ1) is 19.8. The number of fused-ring (bicyclic) bond motifs is 1. The Hall–Kier alpha value is -5.02. The van der Waals surface area contributed by atoms with Crippen LogP contribution in [0.15, 0.2) is 84.4 Å². The van der Waals surface area contributed by atoms with Crippen LogP contribution in [0.5, 0.6) is 0 Å². The lowest BCUT2D eigenvalue weighted by molar-refractivity contribution is -0.137. The van der Waals surface area contributed by atoms with Crippen LogP contribution in [0.1, 0.15) is 55.1 Å². The number of carboxylic acids is 1. The van der Waals surface area contributed by atoms with Gasteiger partial charge in [-0.3, -0.25) is 19.2 Å². The molecule has 3 aromatic carbocycles. The van der Waals surface area contributed by atoms with Crippen LogP contribution >= 0.6 is 11.3 Å². The molecule has 0 bridgehead atoms. The number of benzene rings is 3. The number of aliphatic carboxylic acids is 1. The Kier molecular flexibility index (Phi) is 8.07. The summed E-state index contributed by atoms with van der Waals surface area (Å²) in [5.41, 5.74) is 5.73. The average Bonchev–Trinajstić information content (AvgIpc) is 3.53. The second-order valence-corrected chi connectivity index (χ2v) is 10.6. The lowest BCUT2D eigenvalue weighted by Gasteiger charge is -2.08. The van der Waals surface area contributed by atoms with E-state index in [-0.39, 0.29) is 24.0 Å². The van der Waals surface area contributed by atoms with Crippen molar-refractivity contribution in [2.24, 2.45) is 0 Å². The molecule has 0 fully saturated rings. The van der Waals surface area contributed by atoms with E-state index in [0.29, 0.717) is 51.4 Å². The van der Waals surface area contributed by atoms with Gasteiger partial charge in [0.2, 0.25) is 0 Å². The predicted molar refractivity (Wildman–Crippen MR) is 161 cm³/mol. The van der Waals surface area contributed by atoms with E-state index in [1.165, 1.54) is 11.3 Å². The van der Waals surface area contributed by atoms with Gasteiger partial charge in [0.1, 0.15) is 0 Å². The molecule has 206 valence electrons. The molecule has 5 rings (SSSR count). The Labute approximate surface area is 240 Å². The Morgan fingerprint density at radius 1 is 0.951 bits per heavy atom. The van der Waals surface area contributed by atoms with Crippen molar-refractivity contribution in [1.82, 2.24) is 0 Å². The molecule has 0 saturated carbocycles. The quantitative estimate of drug-likeness (QED) is 0.131. The third-order valence-electron chi connectivity index (χ3n) is 6.71. The van der Waals surface area contributed by atoms with E-state index in [1.54, 1.807) is 48.7 Å². The van der Waals surface area contributed by atoms with Crippen LogP contribution in [-0.2, 0) is 16.0 Å². The molecule has 1 aromatic heterocycles. The van der Waals surface area contributed by atoms with Crippen LogP contribution in [0, 0.1) is 6.92 Å². The van der Waals surface area contributed by atoms with E-state index in [4.69, 9.17) is 5.11 Å². The molecule has 41 heavy (non-hydrogen) atoms. The number of nitrogens with one attached hydrogen (secondary N) is 3. The molecular formula is C32H27N3O5S. The molecule has 0 radical (unpaired) electrons. The van der Waals surface area contributed by atoms with E-state index in [1.807, 2.05) is 42.6 Å². The summed E-state index contributed by atoms with van der Waals surface area (Å²) in [5, 5.41) is 19.5. The zero-order valence-corrected chi connectivity index (χ0v) is 23.0. The molecule has 2 heterocycles. The molecule has 0 spiro atoms. The highest BCUT2D eigenvalue weighted by Crippen LogP contribution is 2.33. The minimum atomic E-state index is -0.804. The van der Waals surface area contributed by atoms with Crippen LogP contribution < -0.4 is 16.0 Å². The minimum Gasteiger partial charge on any atom is -0.481 e. The van der Waals surface area contributed by atoms with E-state index >= 15 is 0 Å². The van der Waals surface area contributed by atoms with Gasteiger partial charge in [0.25, 0.3) is 11.8 Å². The molecule has 8 nitrogen and oxygen atoms in total. The minimum absolute atomic E-state index is 0.133. The third kappa shape index (κ3) is 6.42. The number of carbonyl (C=O) groups is 4. The smallest absolute Gasteiger partial charge is 0.303 e. The number of thiophene rings is 1. The molecule has 1 aliphatic heterocycles. The number of hydrogen-bond donors (Lipinski definition) is 4. The molecule has 4 N–H and O–H groups in total. The normalized spacial score (nSPS) is 13.0. The van der Waals surface area contributed by atoms with Crippen LogP contribution in [-0.4, -0.2) is 28.7 Å². The van der Waals surface area contributed by atoms with Crippen LogP contribution in [0.25, 0.3) is 5.57 Å². The van der Waals surface area contributed by atoms with Crippen molar-refractivity contribution in [3.8, 4) is 0 Å². The largest absolute Gasteiger partial charge is 0.481 e. The molecule has 4 aromatic rings. The summed E-state index contributed by atoms with van der Waals surface area (Å²) in [4.78, 5) is 49.9. The van der Waals surface area contributed by atoms with Gasteiger partial charge < -0.3 is 21.1 Å². The Bertz CT molecular complexity index is 1690. The lowest BCUT2D eigenvalue weighted by atomic mass is 9.99. The van der Waals surface area contributed by atoms with Crippen molar-refractivity contribution < 1.29 is 24.3 Å². The molecule has 9 heteroatoms. The second kappa shape index (κ2) is 12.0. The number of ketones is 1. The highest BCUT2D eigenvalue weighted by molar-refractivity contribution is 7.12. The number of carboxylic acid groups (broad SMARTS) is 1. The maximum absolute atomic E-state index is 13.3. The number of anilines is 3. The molecule has 1 aliphatic rings. The van der Waals surface area contributed by atoms with E-state index in [0.717, 1.165) is 16.8 Å². The highest BCUT2D eigenvalue weighted by atomic mass is 32.1. The Balaban J connectivity index is 1.27. The predicted octanol–water partition coefficient (Wildman–Crippen LogP) is 6.35. The highest BCUT2D eigenvalue weighted by Gasteiger charge is 2.25. The molecule has 2 amide bonds. The summed E-state index contributed by atoms with van der Waals surface area (Å²) in [5.74, 6) is -1.54. The first-order valence-corrected chi connectivity index (χ1v) is 13.9. The zero-order valence-electron chi connectivity index (χ0n) is 22.2. The van der Waals surface area contributed by atoms with E-state index in [9.17, 15) is 19.2 Å². The second-order valence-electron chi connectivity index (χ2n) is 9.66. The fourth-order valence-corrected chi connectivity index (χ4v) is 5.36. The van der Waals surface area contributed by atoms with Crippen molar-refractivity contribution in [2.45, 2.75) is 26.2 Å². The lowest BCUT2D eigenvalue weighted by Crippen LogP contribution is -2.12. The van der Waals surface area contributed by atoms with Gasteiger partial charge in [-0.15, -0.1) is 11.3 Å². The van der Waals surface area contributed by atoms with Crippen molar-refractivity contribution in [1.29, 1.82) is 0 Å². The Morgan fingerprint density at radius 2 is 1.73 bits per heavy atom. The summed E-state index contributed by atoms with van der Waals surface area (Å²) in [6.07, 6.45) is 3.01. The number of hydrogen-bond acceptors (Lipinski definition) is 6. The molecule has 0 unspecified atom stereocenters. The van der Waals surface area contributed by atoms with Crippen molar-refractivity contribution in [3.05, 3.63) is 117 Å². The summed E-state index contributed by atoms with van der Waals surface area (Å²) in [7, 11) is 0. The van der Waals surface area contributed by atoms with Gasteiger partial charge in [-0.2, -0.15) is 0 Å². The summed E-state index contributed by atoms with van der Waals surface area (Å²) >= 11 is 1.36. The number of rotatable bonds is 10. The summed E-state index contributed by atoms with van der Waals surface area (Å²) < 4.78 is 0. The fraction of sp³-hybridized carbons (Fsp3) is 0.125. The van der Waals surface area contributed by atoms with Crippen molar-refractivity contribution >= 4 is 57.5 Å². The molecular weight excluding hydrogens is 538 g/mol. The fourth-order valence-electron chi connectivity index (χ4n) is 4.54. The van der Waals surface area contributed by atoms with Crippen molar-refractivity contribution in [3.63, 3.8) is 0 Å². The van der Waals surface area contributed by atoms with Gasteiger partial charge in [0, 0.05) is 46.4 Å². The SMILES string of the molecule is Cc1ccsc1C(=O)Nc1cccc(C(=O)c2ccc3c(c2)NC(=O)/C3=C\Nc2ccc(CCCC(=O)O)cc2)c1. The molecule has 0 atom stereocenters. The first-order valence-electron chi connectivity index (χ1n) is 13.0. The van der Waals surface area contributed by atoms with Crippen LogP contribution in [0.2, 0.25) is 0 Å². The third-order valence-corrected chi connectivity index (χ3v) is 7.72. The maximum atomic E-state index is 13.3. The monoisotopic (exact) mass is 565 g/mol. The van der Waals surface area contributed by atoms with Gasteiger partial charge in [-0.25, -0.2) is 0 Å². The molecule has 0 aliphatic carbocycles.